The Balaban J connectivity index is 4.59. The molecule has 0 amide bonds. The van der Waals surface area contributed by atoms with Crippen LogP contribution in [0.25, 0.3) is 0 Å². The molecule has 9 heteroatoms. The highest BCUT2D eigenvalue weighted by Crippen LogP contribution is 2.11. The fourth-order valence-electron chi connectivity index (χ4n) is 1.88. The lowest BCUT2D eigenvalue weighted by Crippen LogP contribution is -2.48. The molecular formula is C13H31N3O6. The van der Waals surface area contributed by atoms with Gasteiger partial charge in [0.25, 0.3) is 0 Å². The number of nitrogens with two attached hydrogens (primary N) is 3. The first-order valence-corrected chi connectivity index (χ1v) is 7.46. The van der Waals surface area contributed by atoms with E-state index in [1.54, 1.807) is 0 Å². The van der Waals surface area contributed by atoms with Gasteiger partial charge in [-0.3, -0.25) is 0 Å². The molecule has 0 fully saturated rings. The van der Waals surface area contributed by atoms with Gasteiger partial charge >= 0.3 is 0 Å². The van der Waals surface area contributed by atoms with Crippen LogP contribution in [-0.4, -0.2) is 83.5 Å². The summed E-state index contributed by atoms with van der Waals surface area (Å²) in [6.07, 6.45) is -2.83. The minimum Gasteiger partial charge on any atom is -0.394 e. The second kappa shape index (κ2) is 12.1. The monoisotopic (exact) mass is 325 g/mol. The minimum absolute atomic E-state index is 0.0713. The Hall–Kier alpha value is -0.360. The van der Waals surface area contributed by atoms with E-state index in [0.29, 0.717) is 6.42 Å². The number of hydrogen-bond donors (Lipinski definition) is 7. The molecule has 0 spiro atoms. The molecule has 0 heterocycles. The Morgan fingerprint density at radius 3 is 1.95 bits per heavy atom. The molecule has 0 aliphatic rings. The zero-order valence-corrected chi connectivity index (χ0v) is 13.0. The van der Waals surface area contributed by atoms with E-state index >= 15 is 0 Å². The summed E-state index contributed by atoms with van der Waals surface area (Å²) < 4.78 is 10.7. The lowest BCUT2D eigenvalue weighted by molar-refractivity contribution is -0.232. The van der Waals surface area contributed by atoms with Crippen molar-refractivity contribution in [1.82, 2.24) is 0 Å². The largest absolute Gasteiger partial charge is 0.394 e. The first kappa shape index (κ1) is 21.6. The zero-order chi connectivity index (χ0) is 17.1. The molecule has 0 radical (unpaired) electrons. The Bertz CT molecular complexity index is 274. The molecule has 0 bridgehead atoms. The molecule has 0 aromatic carbocycles. The van der Waals surface area contributed by atoms with Crippen LogP contribution in [0.15, 0.2) is 0 Å². The van der Waals surface area contributed by atoms with Gasteiger partial charge in [0.2, 0.25) is 0 Å². The molecule has 0 aromatic rings. The van der Waals surface area contributed by atoms with Crippen LogP contribution in [0.5, 0.6) is 0 Å². The van der Waals surface area contributed by atoms with Gasteiger partial charge in [-0.05, 0) is 12.8 Å². The fraction of sp³-hybridized carbons (Fsp3) is 1.00. The lowest BCUT2D eigenvalue weighted by atomic mass is 10.0. The number of rotatable bonds is 13. The van der Waals surface area contributed by atoms with Crippen molar-refractivity contribution in [2.45, 2.75) is 56.5 Å². The maximum Gasteiger partial charge on any atom is 0.181 e. The second-order valence-electron chi connectivity index (χ2n) is 5.20. The third-order valence-electron chi connectivity index (χ3n) is 3.41. The minimum atomic E-state index is -1.20. The summed E-state index contributed by atoms with van der Waals surface area (Å²) >= 11 is 0. The van der Waals surface area contributed by atoms with Crippen LogP contribution >= 0.6 is 0 Å². The molecule has 0 saturated heterocycles. The maximum absolute atomic E-state index is 9.53. The van der Waals surface area contributed by atoms with Crippen molar-refractivity contribution in [1.29, 1.82) is 0 Å². The summed E-state index contributed by atoms with van der Waals surface area (Å²) in [6.45, 7) is 0.436. The summed E-state index contributed by atoms with van der Waals surface area (Å²) in [7, 11) is 0. The molecule has 0 aromatic heterocycles. The van der Waals surface area contributed by atoms with Gasteiger partial charge < -0.3 is 47.1 Å². The van der Waals surface area contributed by atoms with Crippen molar-refractivity contribution in [3.63, 3.8) is 0 Å². The average molecular weight is 325 g/mol. The number of ether oxygens (including phenoxy) is 2. The van der Waals surface area contributed by atoms with Gasteiger partial charge in [0.1, 0.15) is 12.2 Å². The lowest BCUT2D eigenvalue weighted by Gasteiger charge is -2.31. The first-order chi connectivity index (χ1) is 10.4. The SMILES string of the molecule is CC[C@H](N)CC(N)[C@H](CO)O[C@H](CO)OC(CN)[C@@H](O)CO. The van der Waals surface area contributed by atoms with Crippen molar-refractivity contribution < 1.29 is 29.9 Å². The highest BCUT2D eigenvalue weighted by molar-refractivity contribution is 4.78. The van der Waals surface area contributed by atoms with Crippen LogP contribution in [0.4, 0.5) is 0 Å². The Labute approximate surface area is 131 Å². The van der Waals surface area contributed by atoms with Crippen LogP contribution < -0.4 is 17.2 Å². The topological polar surface area (TPSA) is 177 Å². The van der Waals surface area contributed by atoms with Gasteiger partial charge in [0.05, 0.1) is 25.9 Å². The van der Waals surface area contributed by atoms with Gasteiger partial charge in [-0.1, -0.05) is 6.92 Å². The quantitative estimate of drug-likeness (QED) is 0.172. The maximum atomic E-state index is 9.53. The number of hydrogen-bond acceptors (Lipinski definition) is 9. The number of aliphatic hydroxyl groups is 4. The number of aliphatic hydroxyl groups excluding tert-OH is 4. The third-order valence-corrected chi connectivity index (χ3v) is 3.41. The normalized spacial score (nSPS) is 20.2. The van der Waals surface area contributed by atoms with Crippen LogP contribution in [0.1, 0.15) is 19.8 Å². The molecule has 6 atom stereocenters. The van der Waals surface area contributed by atoms with Gasteiger partial charge in [-0.25, -0.2) is 0 Å². The van der Waals surface area contributed by atoms with E-state index in [1.807, 2.05) is 6.92 Å². The molecule has 0 saturated carbocycles. The highest BCUT2D eigenvalue weighted by Gasteiger charge is 2.27. The second-order valence-corrected chi connectivity index (χ2v) is 5.20. The van der Waals surface area contributed by atoms with E-state index < -0.39 is 43.9 Å². The molecule has 0 aliphatic carbocycles. The summed E-state index contributed by atoms with van der Waals surface area (Å²) in [5, 5.41) is 37.1. The van der Waals surface area contributed by atoms with Crippen molar-refractivity contribution in [3.8, 4) is 0 Å². The molecule has 134 valence electrons. The van der Waals surface area contributed by atoms with Crippen LogP contribution in [-0.2, 0) is 9.47 Å². The zero-order valence-electron chi connectivity index (χ0n) is 13.0. The predicted octanol–water partition coefficient (Wildman–Crippen LogP) is -3.17. The molecule has 22 heavy (non-hydrogen) atoms. The smallest absolute Gasteiger partial charge is 0.181 e. The summed E-state index contributed by atoms with van der Waals surface area (Å²) in [5.41, 5.74) is 17.2. The van der Waals surface area contributed by atoms with E-state index in [9.17, 15) is 15.3 Å². The standard InChI is InChI=1S/C13H31N3O6/c1-2-8(15)3-9(16)12(6-18)22-13(7-19)21-11(4-14)10(20)5-17/h8-13,17-20H,2-7,14-16H2,1H3/t8-,9?,10-,11?,12-,13+/m0/s1. The van der Waals surface area contributed by atoms with E-state index in [-0.39, 0.29) is 19.2 Å². The van der Waals surface area contributed by atoms with Crippen LogP contribution in [0.3, 0.4) is 0 Å². The van der Waals surface area contributed by atoms with E-state index in [0.717, 1.165) is 6.42 Å². The Kier molecular flexibility index (Phi) is 11.9. The molecule has 0 rings (SSSR count). The van der Waals surface area contributed by atoms with Crippen molar-refractivity contribution in [3.05, 3.63) is 0 Å². The molecular weight excluding hydrogens is 294 g/mol. The third kappa shape index (κ3) is 7.77. The molecule has 10 N–H and O–H groups in total. The van der Waals surface area contributed by atoms with Crippen molar-refractivity contribution in [2.75, 3.05) is 26.4 Å². The first-order valence-electron chi connectivity index (χ1n) is 7.46. The summed E-state index contributed by atoms with van der Waals surface area (Å²) in [6, 6.07) is -0.647. The van der Waals surface area contributed by atoms with Crippen molar-refractivity contribution >= 4 is 0 Å². The highest BCUT2D eigenvalue weighted by atomic mass is 16.7. The fourth-order valence-corrected chi connectivity index (χ4v) is 1.88. The summed E-state index contributed by atoms with van der Waals surface area (Å²) in [5.74, 6) is 0. The average Bonchev–Trinajstić information content (AvgIpc) is 2.54. The summed E-state index contributed by atoms with van der Waals surface area (Å²) in [4.78, 5) is 0. The van der Waals surface area contributed by atoms with E-state index in [1.165, 1.54) is 0 Å². The van der Waals surface area contributed by atoms with Crippen LogP contribution in [0, 0.1) is 0 Å². The van der Waals surface area contributed by atoms with Gasteiger partial charge in [-0.2, -0.15) is 0 Å². The Morgan fingerprint density at radius 2 is 1.55 bits per heavy atom. The predicted molar refractivity (Wildman–Crippen MR) is 80.7 cm³/mol. The molecule has 0 aliphatic heterocycles. The van der Waals surface area contributed by atoms with Gasteiger partial charge in [0.15, 0.2) is 6.29 Å². The van der Waals surface area contributed by atoms with Crippen LogP contribution in [0.2, 0.25) is 0 Å². The molecule has 9 nitrogen and oxygen atoms in total. The van der Waals surface area contributed by atoms with E-state index in [4.69, 9.17) is 31.8 Å². The van der Waals surface area contributed by atoms with Gasteiger partial charge in [-0.15, -0.1) is 0 Å². The van der Waals surface area contributed by atoms with Crippen molar-refractivity contribution in [2.24, 2.45) is 17.2 Å². The Morgan fingerprint density at radius 1 is 0.955 bits per heavy atom. The van der Waals surface area contributed by atoms with Gasteiger partial charge in [0, 0.05) is 18.6 Å². The molecule has 2 unspecified atom stereocenters. The van der Waals surface area contributed by atoms with E-state index in [2.05, 4.69) is 0 Å².